The molecule has 0 aromatic heterocycles. The minimum atomic E-state index is -0.0529. The lowest BCUT2D eigenvalue weighted by Crippen LogP contribution is -2.33. The van der Waals surface area contributed by atoms with Crippen molar-refractivity contribution in [3.05, 3.63) is 107 Å². The maximum absolute atomic E-state index is 6.74. The Balaban J connectivity index is 1.70. The first-order valence-electron chi connectivity index (χ1n) is 8.49. The first-order valence-corrected chi connectivity index (χ1v) is 8.49. The third kappa shape index (κ3) is 2.86. The molecule has 0 radical (unpaired) electrons. The molecule has 0 fully saturated rings. The zero-order valence-corrected chi connectivity index (χ0v) is 13.7. The van der Waals surface area contributed by atoms with Gasteiger partial charge in [0.1, 0.15) is 0 Å². The minimum absolute atomic E-state index is 0.0529. The summed E-state index contributed by atoms with van der Waals surface area (Å²) in [7, 11) is 0. The van der Waals surface area contributed by atoms with Crippen LogP contribution >= 0.6 is 0 Å². The maximum Gasteiger partial charge on any atom is 0.0548 e. The number of nitrogens with zero attached hydrogens (tertiary/aromatic N) is 1. The van der Waals surface area contributed by atoms with Gasteiger partial charge in [-0.1, -0.05) is 84.9 Å². The highest BCUT2D eigenvalue weighted by Gasteiger charge is 2.31. The second kappa shape index (κ2) is 6.60. The molecule has 0 saturated carbocycles. The molecule has 3 aromatic carbocycles. The molecule has 120 valence electrons. The molecule has 0 aliphatic carbocycles. The summed E-state index contributed by atoms with van der Waals surface area (Å²) in [5.41, 5.74) is 12.0. The Morgan fingerprint density at radius 2 is 1.08 bits per heavy atom. The highest BCUT2D eigenvalue weighted by atomic mass is 15.2. The summed E-state index contributed by atoms with van der Waals surface area (Å²) in [5, 5.41) is 0. The Morgan fingerprint density at radius 1 is 0.625 bits per heavy atom. The molecule has 2 heteroatoms. The smallest absolute Gasteiger partial charge is 0.0548 e. The zero-order valence-electron chi connectivity index (χ0n) is 13.7. The molecule has 0 amide bonds. The van der Waals surface area contributed by atoms with Crippen molar-refractivity contribution < 1.29 is 0 Å². The molecule has 4 rings (SSSR count). The van der Waals surface area contributed by atoms with Crippen LogP contribution in [0.2, 0.25) is 0 Å². The van der Waals surface area contributed by atoms with Gasteiger partial charge in [0, 0.05) is 19.1 Å². The lowest BCUT2D eigenvalue weighted by Gasteiger charge is -2.33. The van der Waals surface area contributed by atoms with E-state index >= 15 is 0 Å². The monoisotopic (exact) mass is 314 g/mol. The molecule has 1 heterocycles. The highest BCUT2D eigenvalue weighted by molar-refractivity contribution is 5.33. The lowest BCUT2D eigenvalue weighted by atomic mass is 9.93. The summed E-state index contributed by atoms with van der Waals surface area (Å²) in [6, 6.07) is 29.9. The SMILES string of the molecule is N[C@H](c1ccccc1)[C@@H](c1ccccc1)N1Cc2ccccc2C1. The molecule has 2 atom stereocenters. The molecular weight excluding hydrogens is 292 g/mol. The Kier molecular flexibility index (Phi) is 4.16. The van der Waals surface area contributed by atoms with Gasteiger partial charge in [0.15, 0.2) is 0 Å². The van der Waals surface area contributed by atoms with E-state index in [0.29, 0.717) is 0 Å². The summed E-state index contributed by atoms with van der Waals surface area (Å²) in [6.07, 6.45) is 0. The van der Waals surface area contributed by atoms with Gasteiger partial charge in [0.2, 0.25) is 0 Å². The molecule has 0 saturated heterocycles. The van der Waals surface area contributed by atoms with Crippen LogP contribution in [0.3, 0.4) is 0 Å². The van der Waals surface area contributed by atoms with Gasteiger partial charge in [-0.25, -0.2) is 0 Å². The van der Waals surface area contributed by atoms with Crippen LogP contribution in [0, 0.1) is 0 Å². The molecule has 1 aliphatic heterocycles. The normalized spacial score (nSPS) is 16.5. The van der Waals surface area contributed by atoms with Crippen molar-refractivity contribution in [2.24, 2.45) is 5.73 Å². The van der Waals surface area contributed by atoms with Crippen molar-refractivity contribution in [3.63, 3.8) is 0 Å². The topological polar surface area (TPSA) is 29.3 Å². The zero-order chi connectivity index (χ0) is 16.4. The Morgan fingerprint density at radius 3 is 1.62 bits per heavy atom. The Hall–Kier alpha value is -2.42. The van der Waals surface area contributed by atoms with E-state index in [-0.39, 0.29) is 12.1 Å². The van der Waals surface area contributed by atoms with Gasteiger partial charge in [-0.15, -0.1) is 0 Å². The molecule has 2 nitrogen and oxygen atoms in total. The van der Waals surface area contributed by atoms with Crippen LogP contribution in [0.4, 0.5) is 0 Å². The fourth-order valence-corrected chi connectivity index (χ4v) is 3.71. The van der Waals surface area contributed by atoms with E-state index in [9.17, 15) is 0 Å². The molecule has 0 unspecified atom stereocenters. The van der Waals surface area contributed by atoms with Crippen LogP contribution in [0.25, 0.3) is 0 Å². The summed E-state index contributed by atoms with van der Waals surface area (Å²) >= 11 is 0. The van der Waals surface area contributed by atoms with Crippen molar-refractivity contribution >= 4 is 0 Å². The Bertz CT molecular complexity index is 773. The molecule has 1 aliphatic rings. The van der Waals surface area contributed by atoms with E-state index in [0.717, 1.165) is 13.1 Å². The second-order valence-electron chi connectivity index (χ2n) is 6.47. The van der Waals surface area contributed by atoms with Crippen LogP contribution in [-0.2, 0) is 13.1 Å². The van der Waals surface area contributed by atoms with E-state index in [4.69, 9.17) is 5.73 Å². The number of nitrogens with two attached hydrogens (primary N) is 1. The first kappa shape index (κ1) is 15.1. The first-order chi connectivity index (χ1) is 11.8. The summed E-state index contributed by atoms with van der Waals surface area (Å²) < 4.78 is 0. The van der Waals surface area contributed by atoms with E-state index < -0.39 is 0 Å². The van der Waals surface area contributed by atoms with Crippen molar-refractivity contribution in [1.82, 2.24) is 4.90 Å². The van der Waals surface area contributed by atoms with Crippen LogP contribution in [0.1, 0.15) is 34.3 Å². The van der Waals surface area contributed by atoms with E-state index in [1.807, 2.05) is 6.07 Å². The van der Waals surface area contributed by atoms with Crippen molar-refractivity contribution in [1.29, 1.82) is 0 Å². The number of hydrogen-bond donors (Lipinski definition) is 1. The summed E-state index contributed by atoms with van der Waals surface area (Å²) in [4.78, 5) is 2.50. The fourth-order valence-electron chi connectivity index (χ4n) is 3.71. The van der Waals surface area contributed by atoms with Crippen molar-refractivity contribution in [2.45, 2.75) is 25.2 Å². The van der Waals surface area contributed by atoms with Gasteiger partial charge in [-0.2, -0.15) is 0 Å². The summed E-state index contributed by atoms with van der Waals surface area (Å²) in [5.74, 6) is 0. The number of benzene rings is 3. The number of fused-ring (bicyclic) bond motifs is 1. The molecule has 2 N–H and O–H groups in total. The second-order valence-corrected chi connectivity index (χ2v) is 6.47. The lowest BCUT2D eigenvalue weighted by molar-refractivity contribution is 0.173. The minimum Gasteiger partial charge on any atom is -0.322 e. The number of hydrogen-bond acceptors (Lipinski definition) is 2. The third-order valence-corrected chi connectivity index (χ3v) is 4.92. The molecule has 3 aromatic rings. The fraction of sp³-hybridized carbons (Fsp3) is 0.182. The van der Waals surface area contributed by atoms with Crippen LogP contribution < -0.4 is 5.73 Å². The van der Waals surface area contributed by atoms with Gasteiger partial charge < -0.3 is 5.73 Å². The highest BCUT2D eigenvalue weighted by Crippen LogP contribution is 2.37. The van der Waals surface area contributed by atoms with E-state index in [1.165, 1.54) is 22.3 Å². The maximum atomic E-state index is 6.74. The molecule has 0 bridgehead atoms. The van der Waals surface area contributed by atoms with Gasteiger partial charge in [-0.3, -0.25) is 4.90 Å². The van der Waals surface area contributed by atoms with Crippen LogP contribution in [0.15, 0.2) is 84.9 Å². The van der Waals surface area contributed by atoms with Crippen LogP contribution in [0.5, 0.6) is 0 Å². The quantitative estimate of drug-likeness (QED) is 0.771. The third-order valence-electron chi connectivity index (χ3n) is 4.92. The van der Waals surface area contributed by atoms with E-state index in [1.54, 1.807) is 0 Å². The Labute approximate surface area is 143 Å². The van der Waals surface area contributed by atoms with Gasteiger partial charge in [-0.05, 0) is 22.3 Å². The molecule has 0 spiro atoms. The van der Waals surface area contributed by atoms with Gasteiger partial charge in [0.05, 0.1) is 6.04 Å². The standard InChI is InChI=1S/C22H22N2/c23-21(17-9-3-1-4-10-17)22(18-11-5-2-6-12-18)24-15-19-13-7-8-14-20(19)16-24/h1-14,21-22H,15-16,23H2/t21-,22-/m1/s1. The van der Waals surface area contributed by atoms with E-state index in [2.05, 4.69) is 83.8 Å². The predicted octanol–water partition coefficient (Wildman–Crippen LogP) is 4.44. The van der Waals surface area contributed by atoms with Gasteiger partial charge in [0.25, 0.3) is 0 Å². The molecular formula is C22H22N2. The largest absolute Gasteiger partial charge is 0.322 e. The van der Waals surface area contributed by atoms with Crippen LogP contribution in [-0.4, -0.2) is 4.90 Å². The average Bonchev–Trinajstić information content (AvgIpc) is 3.07. The predicted molar refractivity (Wildman–Crippen MR) is 98.2 cm³/mol. The van der Waals surface area contributed by atoms with Crippen molar-refractivity contribution in [2.75, 3.05) is 0 Å². The van der Waals surface area contributed by atoms with Crippen molar-refractivity contribution in [3.8, 4) is 0 Å². The summed E-state index contributed by atoms with van der Waals surface area (Å²) in [6.45, 7) is 1.91. The molecule has 24 heavy (non-hydrogen) atoms. The van der Waals surface area contributed by atoms with Gasteiger partial charge >= 0.3 is 0 Å². The average molecular weight is 314 g/mol. The number of rotatable bonds is 4.